The Bertz CT molecular complexity index is 712. The molecule has 1 aromatic heterocycles. The average molecular weight is 421 g/mol. The molecule has 0 N–H and O–H groups in total. The molecule has 0 spiro atoms. The quantitative estimate of drug-likeness (QED) is 0.265. The van der Waals surface area contributed by atoms with E-state index in [9.17, 15) is 9.59 Å². The van der Waals surface area contributed by atoms with Crippen molar-refractivity contribution < 1.29 is 23.2 Å². The number of hydrogen-bond donors (Lipinski definition) is 0. The summed E-state index contributed by atoms with van der Waals surface area (Å²) in [7, 11) is -0.703. The van der Waals surface area contributed by atoms with E-state index in [1.165, 1.54) is 7.11 Å². The van der Waals surface area contributed by atoms with Crippen LogP contribution in [-0.2, 0) is 14.0 Å². The van der Waals surface area contributed by atoms with Crippen LogP contribution < -0.4 is 0 Å². The summed E-state index contributed by atoms with van der Waals surface area (Å²) in [5, 5.41) is 0. The topological polar surface area (TPSA) is 65.7 Å². The van der Waals surface area contributed by atoms with Crippen LogP contribution in [0.3, 0.4) is 0 Å². The van der Waals surface area contributed by atoms with Crippen LogP contribution in [0.25, 0.3) is 6.08 Å². The second-order valence-electron chi connectivity index (χ2n) is 9.00. The highest BCUT2D eigenvalue weighted by molar-refractivity contribution is 6.77. The van der Waals surface area contributed by atoms with E-state index in [2.05, 4.69) is 48.1 Å². The van der Waals surface area contributed by atoms with Crippen LogP contribution in [0.4, 0.5) is 0 Å². The first-order valence-electron chi connectivity index (χ1n) is 10.6. The zero-order valence-electron chi connectivity index (χ0n) is 18.9. The first kappa shape index (κ1) is 23.6. The molecule has 162 valence electrons. The van der Waals surface area contributed by atoms with E-state index in [1.54, 1.807) is 12.1 Å². The minimum absolute atomic E-state index is 0.00264. The molecule has 5 nitrogen and oxygen atoms in total. The molecule has 6 heteroatoms. The van der Waals surface area contributed by atoms with Crippen molar-refractivity contribution in [2.45, 2.75) is 83.0 Å². The Kier molecular flexibility index (Phi) is 7.68. The fourth-order valence-corrected chi connectivity index (χ4v) is 10.9. The highest BCUT2D eigenvalue weighted by Gasteiger charge is 2.53. The summed E-state index contributed by atoms with van der Waals surface area (Å²) in [5.41, 5.74) is 1.84. The van der Waals surface area contributed by atoms with Gasteiger partial charge in [-0.15, -0.1) is 0 Å². The summed E-state index contributed by atoms with van der Waals surface area (Å²) in [4.78, 5) is 23.7. The Morgan fingerprint density at radius 1 is 1.24 bits per heavy atom. The summed E-state index contributed by atoms with van der Waals surface area (Å²) >= 11 is 0. The fraction of sp³-hybridized carbons (Fsp3) is 0.652. The molecule has 3 atom stereocenters. The summed E-state index contributed by atoms with van der Waals surface area (Å²) < 4.78 is 17.8. The van der Waals surface area contributed by atoms with Crippen molar-refractivity contribution in [3.05, 3.63) is 29.7 Å². The lowest BCUT2D eigenvalue weighted by atomic mass is 9.68. The molecule has 0 amide bonds. The van der Waals surface area contributed by atoms with Crippen molar-refractivity contribution in [1.82, 2.24) is 0 Å². The van der Waals surface area contributed by atoms with Crippen molar-refractivity contribution in [2.75, 3.05) is 7.11 Å². The maximum atomic E-state index is 12.2. The zero-order chi connectivity index (χ0) is 21.9. The summed E-state index contributed by atoms with van der Waals surface area (Å²) in [6.07, 6.45) is 3.66. The van der Waals surface area contributed by atoms with Crippen molar-refractivity contribution >= 4 is 26.6 Å². The maximum absolute atomic E-state index is 12.2. The van der Waals surface area contributed by atoms with Crippen molar-refractivity contribution in [1.29, 1.82) is 0 Å². The predicted molar refractivity (Wildman–Crippen MR) is 118 cm³/mol. The number of carbonyl (C=O) groups excluding carboxylic acids is 2. The molecular formula is C23H36O5Si. The molecule has 0 aliphatic heterocycles. The van der Waals surface area contributed by atoms with E-state index >= 15 is 0 Å². The molecule has 1 saturated carbocycles. The molecule has 1 heterocycles. The molecular weight excluding hydrogens is 384 g/mol. The number of esters is 1. The molecule has 2 rings (SSSR count). The standard InChI is InChI=1S/C23H36O5Si/c1-9-17-12-20(23(25)26-8)22(27-17)19-13-21(18(19)10-11-24)28-29(14(2)3,15(4)5)16(6)7/h9,11-12,14-16,18-19,21H,1,10,13H2,2-8H3/t18-,19+,21+/m1/s1. The first-order valence-corrected chi connectivity index (χ1v) is 12.7. The van der Waals surface area contributed by atoms with E-state index in [1.807, 2.05) is 0 Å². The van der Waals surface area contributed by atoms with Crippen molar-refractivity contribution in [3.63, 3.8) is 0 Å². The average Bonchev–Trinajstić information content (AvgIpc) is 3.07. The van der Waals surface area contributed by atoms with E-state index in [4.69, 9.17) is 13.6 Å². The van der Waals surface area contributed by atoms with Gasteiger partial charge in [0.2, 0.25) is 8.32 Å². The molecule has 1 aliphatic carbocycles. The molecule has 1 aromatic rings. The van der Waals surface area contributed by atoms with E-state index in [0.717, 1.165) is 12.7 Å². The Hall–Kier alpha value is -1.66. The van der Waals surface area contributed by atoms with Gasteiger partial charge in [0.15, 0.2) is 0 Å². The highest BCUT2D eigenvalue weighted by atomic mass is 28.4. The number of aldehydes is 1. The zero-order valence-corrected chi connectivity index (χ0v) is 19.9. The molecule has 29 heavy (non-hydrogen) atoms. The summed E-state index contributed by atoms with van der Waals surface area (Å²) in [5.74, 6) is 0.657. The normalized spacial score (nSPS) is 22.1. The lowest BCUT2D eigenvalue weighted by Crippen LogP contribution is -2.55. The third-order valence-electron chi connectivity index (χ3n) is 6.63. The third kappa shape index (κ3) is 4.28. The van der Waals surface area contributed by atoms with Crippen LogP contribution in [0.1, 0.15) is 82.2 Å². The minimum Gasteiger partial charge on any atom is -0.465 e. The van der Waals surface area contributed by atoms with Gasteiger partial charge in [-0.05, 0) is 35.2 Å². The van der Waals surface area contributed by atoms with Gasteiger partial charge in [0, 0.05) is 24.4 Å². The number of methoxy groups -OCH3 is 1. The van der Waals surface area contributed by atoms with Gasteiger partial charge in [-0.2, -0.15) is 0 Å². The van der Waals surface area contributed by atoms with Gasteiger partial charge in [-0.3, -0.25) is 0 Å². The molecule has 0 radical (unpaired) electrons. The van der Waals surface area contributed by atoms with Gasteiger partial charge in [-0.25, -0.2) is 4.79 Å². The van der Waals surface area contributed by atoms with Crippen LogP contribution in [0.2, 0.25) is 16.6 Å². The predicted octanol–water partition coefficient (Wildman–Crippen LogP) is 5.96. The Morgan fingerprint density at radius 2 is 1.83 bits per heavy atom. The molecule has 0 saturated heterocycles. The van der Waals surface area contributed by atoms with Gasteiger partial charge in [0.05, 0.1) is 7.11 Å². The first-order chi connectivity index (χ1) is 13.6. The smallest absolute Gasteiger partial charge is 0.341 e. The van der Waals surface area contributed by atoms with Crippen LogP contribution in [-0.4, -0.2) is 33.8 Å². The monoisotopic (exact) mass is 420 g/mol. The van der Waals surface area contributed by atoms with Crippen LogP contribution in [0, 0.1) is 5.92 Å². The molecule has 1 fully saturated rings. The molecule has 0 aromatic carbocycles. The lowest BCUT2D eigenvalue weighted by molar-refractivity contribution is -0.111. The summed E-state index contributed by atoms with van der Waals surface area (Å²) in [6.45, 7) is 17.3. The minimum atomic E-state index is -2.06. The Balaban J connectivity index is 2.35. The second-order valence-corrected chi connectivity index (χ2v) is 14.4. The van der Waals surface area contributed by atoms with Gasteiger partial charge in [-0.1, -0.05) is 48.1 Å². The molecule has 1 aliphatic rings. The SMILES string of the molecule is C=Cc1cc(C(=O)OC)c([C@H]2C[C@H](O[Si](C(C)C)(C(C)C)C(C)C)[C@@H]2CC=O)o1. The van der Waals surface area contributed by atoms with Crippen LogP contribution >= 0.6 is 0 Å². The summed E-state index contributed by atoms with van der Waals surface area (Å²) in [6, 6.07) is 1.66. The number of ether oxygens (including phenoxy) is 1. The number of furan rings is 1. The largest absolute Gasteiger partial charge is 0.465 e. The van der Waals surface area contributed by atoms with Gasteiger partial charge < -0.3 is 18.4 Å². The number of rotatable bonds is 10. The van der Waals surface area contributed by atoms with Crippen LogP contribution in [0.5, 0.6) is 0 Å². The van der Waals surface area contributed by atoms with Crippen molar-refractivity contribution in [2.24, 2.45) is 5.92 Å². The van der Waals surface area contributed by atoms with E-state index < -0.39 is 14.3 Å². The molecule has 0 bridgehead atoms. The fourth-order valence-electron chi connectivity index (χ4n) is 5.27. The Labute approximate surface area is 176 Å². The Morgan fingerprint density at radius 3 is 2.28 bits per heavy atom. The van der Waals surface area contributed by atoms with Gasteiger partial charge >= 0.3 is 5.97 Å². The third-order valence-corrected chi connectivity index (χ3v) is 12.8. The number of carbonyl (C=O) groups is 2. The maximum Gasteiger partial charge on any atom is 0.341 e. The van der Waals surface area contributed by atoms with E-state index in [0.29, 0.717) is 40.1 Å². The van der Waals surface area contributed by atoms with Gasteiger partial charge in [0.1, 0.15) is 23.4 Å². The molecule has 0 unspecified atom stereocenters. The second kappa shape index (κ2) is 9.43. The lowest BCUT2D eigenvalue weighted by Gasteiger charge is -2.51. The van der Waals surface area contributed by atoms with Crippen molar-refractivity contribution in [3.8, 4) is 0 Å². The van der Waals surface area contributed by atoms with Gasteiger partial charge in [0.25, 0.3) is 0 Å². The van der Waals surface area contributed by atoms with Crippen LogP contribution in [0.15, 0.2) is 17.1 Å². The van der Waals surface area contributed by atoms with E-state index in [-0.39, 0.29) is 17.9 Å². The number of hydrogen-bond acceptors (Lipinski definition) is 5. The highest BCUT2D eigenvalue weighted by Crippen LogP contribution is 2.52.